The van der Waals surface area contributed by atoms with Crippen LogP contribution in [0.15, 0.2) is 11.8 Å². The van der Waals surface area contributed by atoms with Crippen LogP contribution >= 0.6 is 0 Å². The second-order valence-electron chi connectivity index (χ2n) is 11.0. The van der Waals surface area contributed by atoms with Crippen LogP contribution in [0.4, 0.5) is 0 Å². The minimum Gasteiger partial charge on any atom is -0.374 e. The number of piperidine rings is 1. The molecule has 4 aliphatic rings. The zero-order chi connectivity index (χ0) is 21.7. The van der Waals surface area contributed by atoms with Crippen molar-refractivity contribution in [2.24, 2.45) is 34.5 Å². The highest BCUT2D eigenvalue weighted by molar-refractivity contribution is 6.08. The lowest BCUT2D eigenvalue weighted by molar-refractivity contribution is -0.144. The van der Waals surface area contributed by atoms with Gasteiger partial charge in [0.25, 0.3) is 0 Å². The summed E-state index contributed by atoms with van der Waals surface area (Å²) in [6.45, 7) is 14.7. The molecular weight excluding hydrogens is 372 g/mol. The molecule has 1 amide bonds. The molecule has 3 aliphatic carbocycles. The number of allylic oxidation sites excluding steroid dienone is 2. The quantitative estimate of drug-likeness (QED) is 0.601. The molecule has 168 valence electrons. The lowest BCUT2D eigenvalue weighted by atomic mass is 9.49. The van der Waals surface area contributed by atoms with Crippen LogP contribution in [0.5, 0.6) is 0 Å². The van der Waals surface area contributed by atoms with Crippen LogP contribution in [-0.4, -0.2) is 47.7 Å². The van der Waals surface area contributed by atoms with Crippen LogP contribution < -0.4 is 0 Å². The highest BCUT2D eigenvalue weighted by Gasteiger charge is 2.59. The summed E-state index contributed by atoms with van der Waals surface area (Å²) in [5, 5.41) is 0. The van der Waals surface area contributed by atoms with E-state index < -0.39 is 5.92 Å². The minimum absolute atomic E-state index is 0.0421. The average Bonchev–Trinajstić information content (AvgIpc) is 3.12. The molecule has 0 aromatic rings. The van der Waals surface area contributed by atoms with Gasteiger partial charge in [0.2, 0.25) is 5.91 Å². The highest BCUT2D eigenvalue weighted by atomic mass is 16.2. The van der Waals surface area contributed by atoms with E-state index in [2.05, 4.69) is 25.7 Å². The molecule has 0 aromatic carbocycles. The first kappa shape index (κ1) is 21.9. The predicted molar refractivity (Wildman–Crippen MR) is 121 cm³/mol. The van der Waals surface area contributed by atoms with Gasteiger partial charge in [-0.3, -0.25) is 9.59 Å². The van der Waals surface area contributed by atoms with E-state index in [-0.39, 0.29) is 17.1 Å². The van der Waals surface area contributed by atoms with Crippen molar-refractivity contribution in [1.29, 1.82) is 0 Å². The van der Waals surface area contributed by atoms with Crippen molar-refractivity contribution >= 4 is 11.7 Å². The van der Waals surface area contributed by atoms with Crippen molar-refractivity contribution in [2.45, 2.75) is 79.6 Å². The third-order valence-electron chi connectivity index (χ3n) is 9.51. The van der Waals surface area contributed by atoms with Gasteiger partial charge in [-0.05, 0) is 75.5 Å². The standard InChI is InChI=1S/C26H42N2O2/c1-6-14-28-17-19-20-10-9-12-25(20,4)13-11-21(19)26(5)16-18(22(29)15-23(26)28)24(30)27(7-2)8-3/h15,18-21H,6-14,16-17H2,1-5H3/t18?,19-,20-,21+,25-,26+/m0/s1. The van der Waals surface area contributed by atoms with Gasteiger partial charge in [0.15, 0.2) is 5.78 Å². The highest BCUT2D eigenvalue weighted by Crippen LogP contribution is 2.64. The monoisotopic (exact) mass is 414 g/mol. The Morgan fingerprint density at radius 1 is 1.13 bits per heavy atom. The maximum atomic E-state index is 13.3. The Labute approximate surface area is 183 Å². The zero-order valence-corrected chi connectivity index (χ0v) is 19.9. The molecule has 30 heavy (non-hydrogen) atoms. The van der Waals surface area contributed by atoms with Gasteiger partial charge in [-0.15, -0.1) is 0 Å². The lowest BCUT2D eigenvalue weighted by Crippen LogP contribution is -2.59. The summed E-state index contributed by atoms with van der Waals surface area (Å²) in [4.78, 5) is 30.8. The van der Waals surface area contributed by atoms with Crippen LogP contribution in [-0.2, 0) is 9.59 Å². The summed E-state index contributed by atoms with van der Waals surface area (Å²) in [6, 6.07) is 0. The minimum atomic E-state index is -0.488. The zero-order valence-electron chi connectivity index (χ0n) is 19.9. The molecule has 3 fully saturated rings. The van der Waals surface area contributed by atoms with E-state index in [1.165, 1.54) is 37.8 Å². The van der Waals surface area contributed by atoms with Gasteiger partial charge in [-0.1, -0.05) is 27.2 Å². The Morgan fingerprint density at radius 2 is 1.87 bits per heavy atom. The van der Waals surface area contributed by atoms with Crippen molar-refractivity contribution in [1.82, 2.24) is 9.80 Å². The molecule has 0 N–H and O–H groups in total. The van der Waals surface area contributed by atoms with Crippen molar-refractivity contribution in [2.75, 3.05) is 26.2 Å². The Morgan fingerprint density at radius 3 is 2.53 bits per heavy atom. The molecule has 1 unspecified atom stereocenters. The van der Waals surface area contributed by atoms with Gasteiger partial charge in [-0.2, -0.15) is 0 Å². The van der Waals surface area contributed by atoms with E-state index in [9.17, 15) is 9.59 Å². The maximum absolute atomic E-state index is 13.3. The van der Waals surface area contributed by atoms with Crippen LogP contribution in [0.3, 0.4) is 0 Å². The van der Waals surface area contributed by atoms with Gasteiger partial charge >= 0.3 is 0 Å². The van der Waals surface area contributed by atoms with E-state index >= 15 is 0 Å². The molecule has 1 aliphatic heterocycles. The number of fused-ring (bicyclic) bond motifs is 5. The van der Waals surface area contributed by atoms with E-state index in [0.29, 0.717) is 36.8 Å². The van der Waals surface area contributed by atoms with Crippen molar-refractivity contribution < 1.29 is 9.59 Å². The Balaban J connectivity index is 1.72. The van der Waals surface area contributed by atoms with Crippen molar-refractivity contribution in [3.8, 4) is 0 Å². The van der Waals surface area contributed by atoms with Gasteiger partial charge in [0.1, 0.15) is 5.92 Å². The summed E-state index contributed by atoms with van der Waals surface area (Å²) < 4.78 is 0. The molecule has 4 nitrogen and oxygen atoms in total. The first-order chi connectivity index (χ1) is 14.3. The smallest absolute Gasteiger partial charge is 0.233 e. The van der Waals surface area contributed by atoms with E-state index in [1.54, 1.807) is 0 Å². The number of carbonyl (C=O) groups is 2. The number of likely N-dealkylation sites (tertiary alicyclic amines) is 1. The van der Waals surface area contributed by atoms with Crippen LogP contribution in [0.25, 0.3) is 0 Å². The van der Waals surface area contributed by atoms with E-state index in [1.807, 2.05) is 24.8 Å². The van der Waals surface area contributed by atoms with Crippen LogP contribution in [0.2, 0.25) is 0 Å². The molecule has 6 atom stereocenters. The number of carbonyl (C=O) groups excluding carboxylic acids is 2. The Bertz CT molecular complexity index is 727. The third kappa shape index (κ3) is 3.24. The first-order valence-corrected chi connectivity index (χ1v) is 12.6. The van der Waals surface area contributed by atoms with Gasteiger partial charge in [0.05, 0.1) is 0 Å². The van der Waals surface area contributed by atoms with Crippen molar-refractivity contribution in [3.63, 3.8) is 0 Å². The fraction of sp³-hybridized carbons (Fsp3) is 0.846. The average molecular weight is 415 g/mol. The topological polar surface area (TPSA) is 40.6 Å². The maximum Gasteiger partial charge on any atom is 0.233 e. The number of nitrogens with zero attached hydrogens (tertiary/aromatic N) is 2. The SMILES string of the molecule is CCCN1C[C@@H]2[C@@H](CC[C@]3(C)CCC[C@@H]23)[C@@]2(C)CC(C(=O)N(CC)CC)C(=O)C=C12. The number of ketones is 1. The molecular formula is C26H42N2O2. The number of rotatable bonds is 5. The second kappa shape index (κ2) is 7.98. The summed E-state index contributed by atoms with van der Waals surface area (Å²) in [7, 11) is 0. The molecule has 4 heteroatoms. The number of hydrogen-bond acceptors (Lipinski definition) is 3. The molecule has 0 bridgehead atoms. The summed E-state index contributed by atoms with van der Waals surface area (Å²) in [5.41, 5.74) is 1.71. The first-order valence-electron chi connectivity index (χ1n) is 12.6. The summed E-state index contributed by atoms with van der Waals surface area (Å²) in [5.74, 6) is 1.72. The Kier molecular flexibility index (Phi) is 5.83. The molecule has 0 spiro atoms. The number of amides is 1. The molecule has 2 saturated carbocycles. The molecule has 0 aromatic heterocycles. The predicted octanol–water partition coefficient (Wildman–Crippen LogP) is 4.89. The second-order valence-corrected chi connectivity index (χ2v) is 11.0. The molecule has 1 heterocycles. The van der Waals surface area contributed by atoms with Gasteiger partial charge in [-0.25, -0.2) is 0 Å². The summed E-state index contributed by atoms with van der Waals surface area (Å²) in [6.07, 6.45) is 10.4. The van der Waals surface area contributed by atoms with E-state index in [4.69, 9.17) is 0 Å². The van der Waals surface area contributed by atoms with Gasteiger partial charge < -0.3 is 9.80 Å². The summed E-state index contributed by atoms with van der Waals surface area (Å²) >= 11 is 0. The number of hydrogen-bond donors (Lipinski definition) is 0. The molecule has 0 radical (unpaired) electrons. The van der Waals surface area contributed by atoms with E-state index in [0.717, 1.165) is 25.4 Å². The fourth-order valence-corrected chi connectivity index (χ4v) is 7.95. The van der Waals surface area contributed by atoms with Crippen LogP contribution in [0, 0.1) is 34.5 Å². The van der Waals surface area contributed by atoms with Crippen LogP contribution in [0.1, 0.15) is 79.6 Å². The molecule has 1 saturated heterocycles. The normalized spacial score (nSPS) is 40.4. The molecule has 4 rings (SSSR count). The largest absolute Gasteiger partial charge is 0.374 e. The Hall–Kier alpha value is -1.32. The fourth-order valence-electron chi connectivity index (χ4n) is 7.95. The lowest BCUT2D eigenvalue weighted by Gasteiger charge is -2.61. The van der Waals surface area contributed by atoms with Gasteiger partial charge in [0, 0.05) is 43.4 Å². The van der Waals surface area contributed by atoms with Crippen molar-refractivity contribution in [3.05, 3.63) is 11.8 Å². The third-order valence-corrected chi connectivity index (χ3v) is 9.51.